The molecule has 2 N–H and O–H groups in total. The number of nitrogens with zero attached hydrogens (tertiary/aromatic N) is 2. The maximum absolute atomic E-state index is 13.4. The number of anilines is 2. The quantitative estimate of drug-likeness (QED) is 0.388. The van der Waals surface area contributed by atoms with Crippen LogP contribution in [0.2, 0.25) is 0 Å². The van der Waals surface area contributed by atoms with E-state index in [1.807, 2.05) is 30.3 Å². The lowest BCUT2D eigenvalue weighted by Gasteiger charge is -2.30. The Labute approximate surface area is 237 Å². The number of thioether (sulfide) groups is 1. The van der Waals surface area contributed by atoms with Gasteiger partial charge in [0.1, 0.15) is 11.5 Å². The fourth-order valence-electron chi connectivity index (χ4n) is 6.74. The van der Waals surface area contributed by atoms with Crippen molar-refractivity contribution in [3.8, 4) is 0 Å². The number of para-hydroxylation sites is 2. The van der Waals surface area contributed by atoms with E-state index in [2.05, 4.69) is 34.9 Å². The van der Waals surface area contributed by atoms with Gasteiger partial charge in [-0.25, -0.2) is 0 Å². The summed E-state index contributed by atoms with van der Waals surface area (Å²) in [5.41, 5.74) is 3.98. The highest BCUT2D eigenvalue weighted by Crippen LogP contribution is 2.52. The van der Waals surface area contributed by atoms with E-state index in [4.69, 9.17) is 0 Å². The van der Waals surface area contributed by atoms with Crippen molar-refractivity contribution in [2.75, 3.05) is 16.3 Å². The van der Waals surface area contributed by atoms with Gasteiger partial charge in [-0.15, -0.1) is 0 Å². The molecule has 0 aromatic heterocycles. The summed E-state index contributed by atoms with van der Waals surface area (Å²) in [5, 5.41) is 22.9. The Hall–Kier alpha value is -3.97. The van der Waals surface area contributed by atoms with Gasteiger partial charge in [0.25, 0.3) is 0 Å². The Kier molecular flexibility index (Phi) is 6.00. The molecule has 2 aromatic rings. The first-order valence-electron chi connectivity index (χ1n) is 14.0. The van der Waals surface area contributed by atoms with E-state index in [-0.39, 0.29) is 34.3 Å². The molecule has 0 radical (unpaired) electrons. The molecule has 2 heterocycles. The zero-order valence-electron chi connectivity index (χ0n) is 22.3. The van der Waals surface area contributed by atoms with E-state index in [9.17, 15) is 19.8 Å². The summed E-state index contributed by atoms with van der Waals surface area (Å²) in [6, 6.07) is 16.6. The number of hydrogen-bond acceptors (Lipinski definition) is 7. The van der Waals surface area contributed by atoms with Crippen LogP contribution in [-0.2, 0) is 9.59 Å². The van der Waals surface area contributed by atoms with Crippen molar-refractivity contribution >= 4 is 34.7 Å². The van der Waals surface area contributed by atoms with E-state index in [1.54, 1.807) is 23.9 Å². The number of rotatable bonds is 5. The van der Waals surface area contributed by atoms with Crippen LogP contribution in [0.3, 0.4) is 0 Å². The van der Waals surface area contributed by atoms with Crippen LogP contribution >= 0.6 is 11.8 Å². The highest BCUT2D eigenvalue weighted by molar-refractivity contribution is 8.03. The molecule has 40 heavy (non-hydrogen) atoms. The summed E-state index contributed by atoms with van der Waals surface area (Å²) in [6.45, 7) is 2.94. The van der Waals surface area contributed by atoms with Crippen LogP contribution in [0.25, 0.3) is 0 Å². The van der Waals surface area contributed by atoms with Crippen LogP contribution in [-0.4, -0.2) is 34.4 Å². The third-order valence-electron chi connectivity index (χ3n) is 8.60. The number of hydrogen-bond donors (Lipinski definition) is 2. The van der Waals surface area contributed by atoms with E-state index >= 15 is 0 Å². The van der Waals surface area contributed by atoms with Gasteiger partial charge in [0, 0.05) is 46.9 Å². The molecule has 1 saturated carbocycles. The highest BCUT2D eigenvalue weighted by Gasteiger charge is 2.44. The monoisotopic (exact) mass is 550 g/mol. The topological polar surface area (TPSA) is 81.1 Å². The van der Waals surface area contributed by atoms with Gasteiger partial charge in [0.2, 0.25) is 5.78 Å². The molecular formula is C33H30N2O4S. The van der Waals surface area contributed by atoms with Crippen LogP contribution in [0.5, 0.6) is 0 Å². The van der Waals surface area contributed by atoms with Crippen LogP contribution in [0.1, 0.15) is 50.5 Å². The number of benzene rings is 2. The third-order valence-corrected chi connectivity index (χ3v) is 9.72. The highest BCUT2D eigenvalue weighted by atomic mass is 32.2. The number of carbonyl (C=O) groups excluding carboxylic acids is 2. The predicted molar refractivity (Wildman–Crippen MR) is 157 cm³/mol. The van der Waals surface area contributed by atoms with Crippen molar-refractivity contribution in [3.63, 3.8) is 0 Å². The van der Waals surface area contributed by atoms with Crippen LogP contribution in [0.4, 0.5) is 11.4 Å². The molecule has 0 spiro atoms. The molecule has 0 amide bonds. The summed E-state index contributed by atoms with van der Waals surface area (Å²) in [4.78, 5) is 32.2. The molecule has 2 atom stereocenters. The lowest BCUT2D eigenvalue weighted by Crippen LogP contribution is -2.33. The molecule has 0 bridgehead atoms. The molecule has 0 saturated heterocycles. The van der Waals surface area contributed by atoms with E-state index in [1.165, 1.54) is 11.6 Å². The summed E-state index contributed by atoms with van der Waals surface area (Å²) < 4.78 is 0. The van der Waals surface area contributed by atoms with Gasteiger partial charge in [-0.2, -0.15) is 0 Å². The second-order valence-corrected chi connectivity index (χ2v) is 12.0. The molecule has 6 nitrogen and oxygen atoms in total. The molecule has 5 aliphatic rings. The van der Waals surface area contributed by atoms with E-state index in [0.29, 0.717) is 11.6 Å². The molecule has 7 heteroatoms. The third kappa shape index (κ3) is 3.71. The second-order valence-electron chi connectivity index (χ2n) is 10.9. The molecule has 202 valence electrons. The normalized spacial score (nSPS) is 26.2. The smallest absolute Gasteiger partial charge is 0.201 e. The molecule has 2 aliphatic heterocycles. The molecule has 7 rings (SSSR count). The van der Waals surface area contributed by atoms with Gasteiger partial charge in [-0.3, -0.25) is 9.59 Å². The number of allylic oxidation sites excluding steroid dienone is 6. The minimum atomic E-state index is -0.470. The largest absolute Gasteiger partial charge is 0.507 e. The predicted octanol–water partition coefficient (Wildman–Crippen LogP) is 7.00. The molecule has 1 fully saturated rings. The van der Waals surface area contributed by atoms with Gasteiger partial charge >= 0.3 is 0 Å². The van der Waals surface area contributed by atoms with Crippen LogP contribution in [0.15, 0.2) is 111 Å². The van der Waals surface area contributed by atoms with E-state index < -0.39 is 11.6 Å². The maximum atomic E-state index is 13.4. The van der Waals surface area contributed by atoms with Crippen molar-refractivity contribution < 1.29 is 19.8 Å². The molecule has 2 unspecified atom stereocenters. The number of aliphatic hydroxyl groups is 2. The number of aliphatic hydroxyl groups excluding tert-OH is 2. The standard InChI is InChI=1S/C33H30N2O4S/c1-2-3-15-34-25-12-6-7-14-28(25)40-29(34)18-22-32(38)31(33(22)39)30-26(36)16-19(17-27(30)37)35-23-11-5-4-9-20(23)21-10-8-13-24(21)35/h4-7,9,11-12,14,16-18,21,24,36,38H,2-3,8,10,13,15H2,1H3/b29-18+,31-30+. The Morgan fingerprint density at radius 1 is 0.975 bits per heavy atom. The van der Waals surface area contributed by atoms with Gasteiger partial charge in [-0.05, 0) is 49.1 Å². The first-order valence-corrected chi connectivity index (χ1v) is 14.8. The molecule has 3 aliphatic carbocycles. The van der Waals surface area contributed by atoms with E-state index in [0.717, 1.165) is 59.9 Å². The first kappa shape index (κ1) is 25.0. The number of fused-ring (bicyclic) bond motifs is 4. The van der Waals surface area contributed by atoms with Gasteiger partial charge in [-0.1, -0.05) is 61.9 Å². The fraction of sp³-hybridized carbons (Fsp3) is 0.273. The van der Waals surface area contributed by atoms with Crippen LogP contribution < -0.4 is 9.80 Å². The SMILES string of the molecule is CCCCN1/C(=C\C2=C(O)C(=C3\C(=O)C=C(N4c5ccccc5C5CCCC54)C=C3O)/C2=O)Sc2ccccc21. The maximum Gasteiger partial charge on any atom is 0.201 e. The zero-order chi connectivity index (χ0) is 27.5. The average molecular weight is 551 g/mol. The summed E-state index contributed by atoms with van der Waals surface area (Å²) in [7, 11) is 0. The minimum absolute atomic E-state index is 0.109. The lowest BCUT2D eigenvalue weighted by atomic mass is 9.81. The second kappa shape index (κ2) is 9.59. The van der Waals surface area contributed by atoms with Crippen molar-refractivity contribution in [1.29, 1.82) is 0 Å². The Morgan fingerprint density at radius 2 is 1.75 bits per heavy atom. The van der Waals surface area contributed by atoms with Crippen molar-refractivity contribution in [2.45, 2.75) is 55.9 Å². The number of Topliss-reactive ketones (excluding diaryl/α,β-unsaturated/α-hetero) is 1. The number of unbranched alkanes of at least 4 members (excludes halogenated alkanes) is 1. The summed E-state index contributed by atoms with van der Waals surface area (Å²) in [6.07, 6.45) is 10.0. The van der Waals surface area contributed by atoms with Crippen molar-refractivity contribution in [1.82, 2.24) is 0 Å². The van der Waals surface area contributed by atoms with Crippen molar-refractivity contribution in [2.24, 2.45) is 0 Å². The fourth-order valence-corrected chi connectivity index (χ4v) is 7.87. The number of ketones is 2. The molecular weight excluding hydrogens is 520 g/mol. The van der Waals surface area contributed by atoms with Gasteiger partial charge in [0.05, 0.1) is 27.4 Å². The zero-order valence-corrected chi connectivity index (χ0v) is 23.1. The Bertz CT molecular complexity index is 1630. The summed E-state index contributed by atoms with van der Waals surface area (Å²) >= 11 is 1.56. The summed E-state index contributed by atoms with van der Waals surface area (Å²) in [5.74, 6) is -1.01. The number of carbonyl (C=O) groups is 2. The minimum Gasteiger partial charge on any atom is -0.507 e. The van der Waals surface area contributed by atoms with Crippen LogP contribution in [0, 0.1) is 0 Å². The Balaban J connectivity index is 1.21. The average Bonchev–Trinajstić information content (AvgIpc) is 3.65. The van der Waals surface area contributed by atoms with Gasteiger partial charge < -0.3 is 20.0 Å². The first-order chi connectivity index (χ1) is 19.5. The lowest BCUT2D eigenvalue weighted by molar-refractivity contribution is -0.115. The van der Waals surface area contributed by atoms with Gasteiger partial charge in [0.15, 0.2) is 5.78 Å². The van der Waals surface area contributed by atoms with Crippen molar-refractivity contribution in [3.05, 3.63) is 111 Å². The Morgan fingerprint density at radius 3 is 2.52 bits per heavy atom. The molecule has 2 aromatic carbocycles.